The van der Waals surface area contributed by atoms with E-state index in [1.54, 1.807) is 6.92 Å². The zero-order valence-electron chi connectivity index (χ0n) is 8.73. The maximum absolute atomic E-state index is 12.3. The molecule has 4 heteroatoms. The zero-order valence-corrected chi connectivity index (χ0v) is 8.73. The Labute approximate surface area is 87.1 Å². The third-order valence-corrected chi connectivity index (χ3v) is 2.21. The Morgan fingerprint density at radius 1 is 1.33 bits per heavy atom. The van der Waals surface area contributed by atoms with Gasteiger partial charge in [0.2, 0.25) is 0 Å². The molecule has 0 unspecified atom stereocenters. The summed E-state index contributed by atoms with van der Waals surface area (Å²) in [6.45, 7) is 3.50. The van der Waals surface area contributed by atoms with Crippen molar-refractivity contribution in [2.45, 2.75) is 32.5 Å². The molecule has 0 aliphatic carbocycles. The van der Waals surface area contributed by atoms with Gasteiger partial charge in [0.1, 0.15) is 0 Å². The van der Waals surface area contributed by atoms with Gasteiger partial charge in [0.15, 0.2) is 0 Å². The number of alkyl halides is 3. The molecule has 15 heavy (non-hydrogen) atoms. The van der Waals surface area contributed by atoms with Crippen LogP contribution in [0.3, 0.4) is 0 Å². The maximum Gasteiger partial charge on any atom is 0.416 e. The van der Waals surface area contributed by atoms with Gasteiger partial charge in [0.25, 0.3) is 0 Å². The van der Waals surface area contributed by atoms with Crippen LogP contribution in [0.5, 0.6) is 0 Å². The molecule has 0 fully saturated rings. The number of nitrogens with two attached hydrogens (primary N) is 1. The van der Waals surface area contributed by atoms with Gasteiger partial charge in [-0.3, -0.25) is 0 Å². The van der Waals surface area contributed by atoms with E-state index in [4.69, 9.17) is 5.73 Å². The van der Waals surface area contributed by atoms with Crippen LogP contribution >= 0.6 is 0 Å². The Kier molecular flexibility index (Phi) is 3.39. The number of hydrogen-bond acceptors (Lipinski definition) is 1. The smallest absolute Gasteiger partial charge is 0.328 e. The van der Waals surface area contributed by atoms with Gasteiger partial charge in [-0.05, 0) is 43.5 Å². The average Bonchev–Trinajstić information content (AvgIpc) is 2.05. The number of hydrogen-bond donors (Lipinski definition) is 1. The van der Waals surface area contributed by atoms with Crippen LogP contribution in [0.1, 0.15) is 23.6 Å². The molecule has 0 spiro atoms. The average molecular weight is 217 g/mol. The summed E-state index contributed by atoms with van der Waals surface area (Å²) in [4.78, 5) is 0. The summed E-state index contributed by atoms with van der Waals surface area (Å²) in [5.41, 5.74) is 6.51. The third-order valence-electron chi connectivity index (χ3n) is 2.21. The Morgan fingerprint density at radius 2 is 1.93 bits per heavy atom. The Bertz CT molecular complexity index is 342. The molecule has 84 valence electrons. The first kappa shape index (κ1) is 12.0. The van der Waals surface area contributed by atoms with Gasteiger partial charge in [-0.15, -0.1) is 0 Å². The summed E-state index contributed by atoms with van der Waals surface area (Å²) in [5, 5.41) is 0. The fourth-order valence-corrected chi connectivity index (χ4v) is 1.45. The van der Waals surface area contributed by atoms with E-state index >= 15 is 0 Å². The summed E-state index contributed by atoms with van der Waals surface area (Å²) >= 11 is 0. The summed E-state index contributed by atoms with van der Waals surface area (Å²) in [6, 6.07) is 3.73. The van der Waals surface area contributed by atoms with E-state index in [1.165, 1.54) is 6.07 Å². The lowest BCUT2D eigenvalue weighted by Crippen LogP contribution is -2.18. The predicted octanol–water partition coefficient (Wildman–Crippen LogP) is 2.90. The van der Waals surface area contributed by atoms with Crippen molar-refractivity contribution in [1.82, 2.24) is 0 Å². The molecule has 0 saturated carbocycles. The summed E-state index contributed by atoms with van der Waals surface area (Å²) < 4.78 is 37.0. The number of benzene rings is 1. The quantitative estimate of drug-likeness (QED) is 0.809. The monoisotopic (exact) mass is 217 g/mol. The van der Waals surface area contributed by atoms with Gasteiger partial charge >= 0.3 is 6.18 Å². The molecule has 0 heterocycles. The number of aryl methyl sites for hydroxylation is 1. The van der Waals surface area contributed by atoms with Crippen molar-refractivity contribution in [2.24, 2.45) is 5.73 Å². The molecule has 2 N–H and O–H groups in total. The SMILES string of the molecule is Cc1cc(C(F)(F)F)ccc1C[C@@H](C)N. The van der Waals surface area contributed by atoms with Gasteiger partial charge in [-0.25, -0.2) is 0 Å². The highest BCUT2D eigenvalue weighted by Crippen LogP contribution is 2.30. The normalized spacial score (nSPS) is 14.0. The molecule has 1 rings (SSSR count). The van der Waals surface area contributed by atoms with Crippen molar-refractivity contribution >= 4 is 0 Å². The van der Waals surface area contributed by atoms with Crippen LogP contribution in [0.2, 0.25) is 0 Å². The van der Waals surface area contributed by atoms with Crippen molar-refractivity contribution in [3.63, 3.8) is 0 Å². The van der Waals surface area contributed by atoms with Crippen molar-refractivity contribution < 1.29 is 13.2 Å². The number of rotatable bonds is 2. The second-order valence-corrected chi connectivity index (χ2v) is 3.82. The fourth-order valence-electron chi connectivity index (χ4n) is 1.45. The van der Waals surface area contributed by atoms with E-state index in [0.29, 0.717) is 12.0 Å². The van der Waals surface area contributed by atoms with E-state index in [9.17, 15) is 13.2 Å². The molecule has 1 atom stereocenters. The topological polar surface area (TPSA) is 26.0 Å². The summed E-state index contributed by atoms with van der Waals surface area (Å²) in [7, 11) is 0. The van der Waals surface area contributed by atoms with E-state index in [1.807, 2.05) is 6.92 Å². The highest BCUT2D eigenvalue weighted by atomic mass is 19.4. The highest BCUT2D eigenvalue weighted by Gasteiger charge is 2.30. The van der Waals surface area contributed by atoms with E-state index < -0.39 is 11.7 Å². The van der Waals surface area contributed by atoms with E-state index in [-0.39, 0.29) is 6.04 Å². The van der Waals surface area contributed by atoms with E-state index in [0.717, 1.165) is 17.7 Å². The van der Waals surface area contributed by atoms with Crippen LogP contribution in [-0.2, 0) is 12.6 Å². The minimum atomic E-state index is -4.27. The molecular formula is C11H14F3N. The zero-order chi connectivity index (χ0) is 11.6. The van der Waals surface area contributed by atoms with Gasteiger partial charge < -0.3 is 5.73 Å². The molecule has 0 aliphatic rings. The van der Waals surface area contributed by atoms with Crippen LogP contribution in [0, 0.1) is 6.92 Å². The van der Waals surface area contributed by atoms with Crippen LogP contribution in [-0.4, -0.2) is 6.04 Å². The number of halogens is 3. The van der Waals surface area contributed by atoms with Crippen molar-refractivity contribution in [1.29, 1.82) is 0 Å². The van der Waals surface area contributed by atoms with Crippen molar-refractivity contribution in [3.8, 4) is 0 Å². The predicted molar refractivity (Wildman–Crippen MR) is 53.5 cm³/mol. The third kappa shape index (κ3) is 3.23. The van der Waals surface area contributed by atoms with Crippen LogP contribution in [0.4, 0.5) is 13.2 Å². The first-order chi connectivity index (χ1) is 6.80. The molecule has 1 aromatic rings. The first-order valence-electron chi connectivity index (χ1n) is 4.73. The molecule has 1 aromatic carbocycles. The lowest BCUT2D eigenvalue weighted by atomic mass is 10.00. The van der Waals surface area contributed by atoms with Crippen LogP contribution in [0.25, 0.3) is 0 Å². The fraction of sp³-hybridized carbons (Fsp3) is 0.455. The van der Waals surface area contributed by atoms with Crippen LogP contribution < -0.4 is 5.73 Å². The van der Waals surface area contributed by atoms with Gasteiger partial charge in [-0.2, -0.15) is 13.2 Å². The lowest BCUT2D eigenvalue weighted by Gasteiger charge is -2.12. The molecule has 0 aromatic heterocycles. The largest absolute Gasteiger partial charge is 0.416 e. The molecule has 0 radical (unpaired) electrons. The molecule has 0 aliphatic heterocycles. The van der Waals surface area contributed by atoms with E-state index in [2.05, 4.69) is 0 Å². The van der Waals surface area contributed by atoms with Crippen molar-refractivity contribution in [3.05, 3.63) is 34.9 Å². The minimum absolute atomic E-state index is 0.0413. The van der Waals surface area contributed by atoms with Crippen LogP contribution in [0.15, 0.2) is 18.2 Å². The first-order valence-corrected chi connectivity index (χ1v) is 4.73. The highest BCUT2D eigenvalue weighted by molar-refractivity contribution is 5.32. The van der Waals surface area contributed by atoms with Gasteiger partial charge in [0, 0.05) is 6.04 Å². The standard InChI is InChI=1S/C11H14F3N/c1-7-5-10(11(12,13)14)4-3-9(7)6-8(2)15/h3-5,8H,6,15H2,1-2H3/t8-/m1/s1. The molecule has 0 saturated heterocycles. The summed E-state index contributed by atoms with van der Waals surface area (Å²) in [5.74, 6) is 0. The molecule has 0 amide bonds. The van der Waals surface area contributed by atoms with Gasteiger partial charge in [0.05, 0.1) is 5.56 Å². The van der Waals surface area contributed by atoms with Gasteiger partial charge in [-0.1, -0.05) is 6.07 Å². The second kappa shape index (κ2) is 4.23. The van der Waals surface area contributed by atoms with Crippen molar-refractivity contribution in [2.75, 3.05) is 0 Å². The molecular weight excluding hydrogens is 203 g/mol. The maximum atomic E-state index is 12.3. The Morgan fingerprint density at radius 3 is 2.33 bits per heavy atom. The Hall–Kier alpha value is -1.03. The minimum Gasteiger partial charge on any atom is -0.328 e. The molecule has 0 bridgehead atoms. The second-order valence-electron chi connectivity index (χ2n) is 3.82. The molecule has 1 nitrogen and oxygen atoms in total. The Balaban J connectivity index is 2.98. The summed E-state index contributed by atoms with van der Waals surface area (Å²) in [6.07, 6.45) is -3.67. The lowest BCUT2D eigenvalue weighted by molar-refractivity contribution is -0.137.